The van der Waals surface area contributed by atoms with Gasteiger partial charge >= 0.3 is 0 Å². The molecule has 24 heavy (non-hydrogen) atoms. The first-order valence-corrected chi connectivity index (χ1v) is 8.28. The molecular weight excluding hydrogens is 300 g/mol. The van der Waals surface area contributed by atoms with Crippen molar-refractivity contribution in [3.8, 4) is 11.1 Å². The zero-order valence-electron chi connectivity index (χ0n) is 13.6. The van der Waals surface area contributed by atoms with Gasteiger partial charge in [0, 0.05) is 24.5 Å². The van der Waals surface area contributed by atoms with Crippen LogP contribution in [0.5, 0.6) is 0 Å². The summed E-state index contributed by atoms with van der Waals surface area (Å²) in [6, 6.07) is 14.1. The van der Waals surface area contributed by atoms with Crippen molar-refractivity contribution in [2.45, 2.75) is 19.4 Å². The fourth-order valence-electron chi connectivity index (χ4n) is 3.28. The van der Waals surface area contributed by atoms with E-state index in [1.54, 1.807) is 10.6 Å². The van der Waals surface area contributed by atoms with Gasteiger partial charge in [0.2, 0.25) is 0 Å². The Hall–Kier alpha value is -2.66. The molecule has 1 aliphatic rings. The van der Waals surface area contributed by atoms with Crippen LogP contribution in [0, 0.1) is 6.92 Å². The molecule has 122 valence electrons. The molecule has 1 aliphatic heterocycles. The maximum absolute atomic E-state index is 12.8. The molecule has 1 aromatic carbocycles. The quantitative estimate of drug-likeness (QED) is 0.778. The molecule has 4 rings (SSSR count). The predicted molar refractivity (Wildman–Crippen MR) is 96.5 cm³/mol. The number of nitrogens with zero attached hydrogens (tertiary/aromatic N) is 2. The molecule has 3 heterocycles. The number of anilines is 1. The standard InChI is InChI=1S/C19H20N4O/c1-13-18(19(24)23-11-3-2-4-17(23)21-13)14-5-7-15(8-6-14)22-16-9-10-20-12-16/h2-8,11,16,20,22H,9-10,12H2,1H3. The Balaban J connectivity index is 1.70. The Morgan fingerprint density at radius 1 is 1.21 bits per heavy atom. The lowest BCUT2D eigenvalue weighted by atomic mass is 10.0. The minimum absolute atomic E-state index is 0.0289. The maximum atomic E-state index is 12.8. The summed E-state index contributed by atoms with van der Waals surface area (Å²) in [6.45, 7) is 3.95. The molecule has 0 spiro atoms. The Morgan fingerprint density at radius 3 is 2.79 bits per heavy atom. The average Bonchev–Trinajstić information content (AvgIpc) is 3.09. The topological polar surface area (TPSA) is 58.4 Å². The molecule has 1 atom stereocenters. The van der Waals surface area contributed by atoms with Crippen molar-refractivity contribution < 1.29 is 0 Å². The average molecular weight is 320 g/mol. The number of benzene rings is 1. The van der Waals surface area contributed by atoms with Crippen molar-refractivity contribution in [1.82, 2.24) is 14.7 Å². The van der Waals surface area contributed by atoms with Gasteiger partial charge in [-0.15, -0.1) is 0 Å². The number of nitrogens with one attached hydrogen (secondary N) is 2. The third-order valence-corrected chi connectivity index (χ3v) is 4.52. The van der Waals surface area contributed by atoms with Gasteiger partial charge in [0.1, 0.15) is 5.65 Å². The lowest BCUT2D eigenvalue weighted by Gasteiger charge is -2.13. The van der Waals surface area contributed by atoms with Crippen LogP contribution in [0.4, 0.5) is 5.69 Å². The summed E-state index contributed by atoms with van der Waals surface area (Å²) in [6.07, 6.45) is 2.90. The lowest BCUT2D eigenvalue weighted by molar-refractivity contribution is 0.793. The first kappa shape index (κ1) is 14.9. The molecule has 3 aromatic rings. The second kappa shape index (κ2) is 6.09. The first-order valence-electron chi connectivity index (χ1n) is 8.28. The normalized spacial score (nSPS) is 17.3. The van der Waals surface area contributed by atoms with Gasteiger partial charge in [-0.2, -0.15) is 0 Å². The fourth-order valence-corrected chi connectivity index (χ4v) is 3.28. The smallest absolute Gasteiger partial charge is 0.265 e. The third kappa shape index (κ3) is 2.67. The Kier molecular flexibility index (Phi) is 3.78. The van der Waals surface area contributed by atoms with Crippen molar-refractivity contribution in [1.29, 1.82) is 0 Å². The summed E-state index contributed by atoms with van der Waals surface area (Å²) in [4.78, 5) is 17.4. The molecule has 0 saturated carbocycles. The number of hydrogen-bond acceptors (Lipinski definition) is 4. The summed E-state index contributed by atoms with van der Waals surface area (Å²) < 4.78 is 1.60. The summed E-state index contributed by atoms with van der Waals surface area (Å²) in [7, 11) is 0. The monoisotopic (exact) mass is 320 g/mol. The molecule has 5 nitrogen and oxygen atoms in total. The highest BCUT2D eigenvalue weighted by molar-refractivity contribution is 5.68. The van der Waals surface area contributed by atoms with Gasteiger partial charge in [-0.25, -0.2) is 4.98 Å². The zero-order valence-corrected chi connectivity index (χ0v) is 13.6. The van der Waals surface area contributed by atoms with Crippen LogP contribution < -0.4 is 16.2 Å². The minimum Gasteiger partial charge on any atom is -0.381 e. The van der Waals surface area contributed by atoms with E-state index in [2.05, 4.69) is 15.6 Å². The molecule has 2 aromatic heterocycles. The molecule has 1 saturated heterocycles. The number of hydrogen-bond donors (Lipinski definition) is 2. The van der Waals surface area contributed by atoms with Gasteiger partial charge in [-0.1, -0.05) is 18.2 Å². The molecule has 0 amide bonds. The van der Waals surface area contributed by atoms with E-state index in [1.165, 1.54) is 0 Å². The zero-order chi connectivity index (χ0) is 16.5. The first-order chi connectivity index (χ1) is 11.7. The largest absolute Gasteiger partial charge is 0.381 e. The minimum atomic E-state index is -0.0289. The van der Waals surface area contributed by atoms with E-state index in [4.69, 9.17) is 0 Å². The van der Waals surface area contributed by atoms with E-state index in [0.29, 0.717) is 17.3 Å². The van der Waals surface area contributed by atoms with E-state index in [-0.39, 0.29) is 5.56 Å². The highest BCUT2D eigenvalue weighted by Crippen LogP contribution is 2.22. The van der Waals surface area contributed by atoms with Gasteiger partial charge in [-0.3, -0.25) is 9.20 Å². The Morgan fingerprint density at radius 2 is 2.04 bits per heavy atom. The van der Waals surface area contributed by atoms with Crippen LogP contribution in [-0.2, 0) is 0 Å². The van der Waals surface area contributed by atoms with Crippen LogP contribution in [0.15, 0.2) is 53.5 Å². The van der Waals surface area contributed by atoms with Crippen LogP contribution in [0.1, 0.15) is 12.1 Å². The molecule has 2 N–H and O–H groups in total. The summed E-state index contributed by atoms with van der Waals surface area (Å²) in [5.74, 6) is 0. The van der Waals surface area contributed by atoms with Gasteiger partial charge in [-0.05, 0) is 49.7 Å². The van der Waals surface area contributed by atoms with Gasteiger partial charge in [0.05, 0.1) is 11.3 Å². The molecule has 1 fully saturated rings. The number of aryl methyl sites for hydroxylation is 1. The highest BCUT2D eigenvalue weighted by Gasteiger charge is 2.15. The summed E-state index contributed by atoms with van der Waals surface area (Å²) in [5, 5.41) is 6.86. The van der Waals surface area contributed by atoms with Gasteiger partial charge in [0.15, 0.2) is 0 Å². The van der Waals surface area contributed by atoms with Crippen molar-refractivity contribution in [2.24, 2.45) is 0 Å². The van der Waals surface area contributed by atoms with Crippen molar-refractivity contribution in [2.75, 3.05) is 18.4 Å². The Labute approximate surface area is 140 Å². The van der Waals surface area contributed by atoms with Crippen LogP contribution >= 0.6 is 0 Å². The maximum Gasteiger partial charge on any atom is 0.265 e. The molecule has 1 unspecified atom stereocenters. The molecule has 5 heteroatoms. The van der Waals surface area contributed by atoms with Crippen LogP contribution in [0.2, 0.25) is 0 Å². The fraction of sp³-hybridized carbons (Fsp3) is 0.263. The molecule has 0 bridgehead atoms. The number of pyridine rings is 1. The van der Waals surface area contributed by atoms with Gasteiger partial charge in [0.25, 0.3) is 5.56 Å². The van der Waals surface area contributed by atoms with E-state index < -0.39 is 0 Å². The van der Waals surface area contributed by atoms with E-state index in [9.17, 15) is 4.79 Å². The number of rotatable bonds is 3. The number of fused-ring (bicyclic) bond motifs is 1. The third-order valence-electron chi connectivity index (χ3n) is 4.52. The summed E-state index contributed by atoms with van der Waals surface area (Å²) >= 11 is 0. The molecule has 0 aliphatic carbocycles. The van der Waals surface area contributed by atoms with E-state index >= 15 is 0 Å². The molecular formula is C19H20N4O. The highest BCUT2D eigenvalue weighted by atomic mass is 16.1. The summed E-state index contributed by atoms with van der Waals surface area (Å²) in [5.41, 5.74) is 4.05. The molecule has 0 radical (unpaired) electrons. The second-order valence-corrected chi connectivity index (χ2v) is 6.22. The van der Waals surface area contributed by atoms with E-state index in [1.807, 2.05) is 49.4 Å². The SMILES string of the molecule is Cc1nc2ccccn2c(=O)c1-c1ccc(NC2CCNC2)cc1. The van der Waals surface area contributed by atoms with Crippen molar-refractivity contribution in [3.05, 3.63) is 64.7 Å². The Bertz CT molecular complexity index is 924. The van der Waals surface area contributed by atoms with Crippen LogP contribution in [-0.4, -0.2) is 28.5 Å². The predicted octanol–water partition coefficient (Wildman–Crippen LogP) is 2.44. The van der Waals surface area contributed by atoms with E-state index in [0.717, 1.165) is 36.5 Å². The van der Waals surface area contributed by atoms with Crippen LogP contribution in [0.25, 0.3) is 16.8 Å². The van der Waals surface area contributed by atoms with Gasteiger partial charge < -0.3 is 10.6 Å². The lowest BCUT2D eigenvalue weighted by Crippen LogP contribution is -2.22. The second-order valence-electron chi connectivity index (χ2n) is 6.22. The number of aromatic nitrogens is 2. The van der Waals surface area contributed by atoms with Crippen molar-refractivity contribution in [3.63, 3.8) is 0 Å². The van der Waals surface area contributed by atoms with Crippen molar-refractivity contribution >= 4 is 11.3 Å². The van der Waals surface area contributed by atoms with Crippen LogP contribution in [0.3, 0.4) is 0 Å².